The molecule has 3 heteroatoms. The van der Waals surface area contributed by atoms with Crippen LogP contribution in [-0.4, -0.2) is 12.6 Å². The molecular weight excluding hydrogens is 244 g/mol. The van der Waals surface area contributed by atoms with Crippen LogP contribution in [0.1, 0.15) is 46.1 Å². The van der Waals surface area contributed by atoms with E-state index in [1.807, 2.05) is 0 Å². The molecule has 1 aromatic carbocycles. The maximum Gasteiger partial charge on any atom is 0.129 e. The summed E-state index contributed by atoms with van der Waals surface area (Å²) in [6, 6.07) is 4.24. The topological polar surface area (TPSA) is 12.0 Å². The second kappa shape index (κ2) is 6.99. The molecular formula is C16H25F2N. The van der Waals surface area contributed by atoms with Gasteiger partial charge in [-0.2, -0.15) is 0 Å². The van der Waals surface area contributed by atoms with Crippen LogP contribution in [0.3, 0.4) is 0 Å². The number of nitrogens with one attached hydrogen (secondary N) is 1. The van der Waals surface area contributed by atoms with Gasteiger partial charge in [0.25, 0.3) is 0 Å². The van der Waals surface area contributed by atoms with E-state index in [-0.39, 0.29) is 5.41 Å². The summed E-state index contributed by atoms with van der Waals surface area (Å²) in [4.78, 5) is 0. The van der Waals surface area contributed by atoms with Crippen LogP contribution in [0.25, 0.3) is 0 Å². The van der Waals surface area contributed by atoms with Crippen LogP contribution in [0.15, 0.2) is 18.2 Å². The first-order valence-electron chi connectivity index (χ1n) is 7.01. The van der Waals surface area contributed by atoms with Crippen molar-refractivity contribution in [3.63, 3.8) is 0 Å². The van der Waals surface area contributed by atoms with Crippen molar-refractivity contribution in [1.82, 2.24) is 5.32 Å². The molecule has 19 heavy (non-hydrogen) atoms. The third-order valence-corrected chi connectivity index (χ3v) is 3.29. The van der Waals surface area contributed by atoms with Crippen LogP contribution in [0, 0.1) is 17.0 Å². The molecule has 108 valence electrons. The fourth-order valence-corrected chi connectivity index (χ4v) is 2.54. The summed E-state index contributed by atoms with van der Waals surface area (Å²) in [7, 11) is 0. The third-order valence-electron chi connectivity index (χ3n) is 3.29. The lowest BCUT2D eigenvalue weighted by atomic mass is 9.80. The van der Waals surface area contributed by atoms with E-state index in [2.05, 4.69) is 33.0 Å². The molecule has 1 aromatic rings. The minimum Gasteiger partial charge on any atom is -0.314 e. The Morgan fingerprint density at radius 2 is 1.95 bits per heavy atom. The molecule has 0 saturated heterocycles. The van der Waals surface area contributed by atoms with Crippen molar-refractivity contribution in [2.75, 3.05) is 6.54 Å². The minimum atomic E-state index is -0.517. The molecule has 0 aromatic heterocycles. The van der Waals surface area contributed by atoms with Gasteiger partial charge < -0.3 is 5.32 Å². The number of benzene rings is 1. The van der Waals surface area contributed by atoms with Gasteiger partial charge in [0, 0.05) is 12.1 Å². The highest BCUT2D eigenvalue weighted by Gasteiger charge is 2.23. The Morgan fingerprint density at radius 3 is 2.53 bits per heavy atom. The summed E-state index contributed by atoms with van der Waals surface area (Å²) in [5, 5.41) is 3.44. The lowest BCUT2D eigenvalue weighted by Gasteiger charge is -2.29. The summed E-state index contributed by atoms with van der Waals surface area (Å²) >= 11 is 0. The zero-order valence-corrected chi connectivity index (χ0v) is 12.4. The van der Waals surface area contributed by atoms with E-state index in [1.165, 1.54) is 6.07 Å². The van der Waals surface area contributed by atoms with E-state index in [1.54, 1.807) is 6.07 Å². The molecule has 0 aliphatic heterocycles. The fourth-order valence-electron chi connectivity index (χ4n) is 2.54. The first-order valence-corrected chi connectivity index (χ1v) is 7.01. The largest absolute Gasteiger partial charge is 0.314 e. The van der Waals surface area contributed by atoms with E-state index in [9.17, 15) is 8.78 Å². The Balaban J connectivity index is 2.62. The molecule has 0 bridgehead atoms. The molecule has 0 amide bonds. The van der Waals surface area contributed by atoms with E-state index in [0.717, 1.165) is 25.5 Å². The normalized spacial score (nSPS) is 13.6. The van der Waals surface area contributed by atoms with Gasteiger partial charge in [-0.05, 0) is 49.8 Å². The van der Waals surface area contributed by atoms with E-state index in [4.69, 9.17) is 0 Å². The maximum atomic E-state index is 13.7. The Bertz CT molecular complexity index is 402. The Morgan fingerprint density at radius 1 is 1.26 bits per heavy atom. The molecule has 1 nitrogen and oxygen atoms in total. The van der Waals surface area contributed by atoms with Crippen LogP contribution >= 0.6 is 0 Å². The lowest BCUT2D eigenvalue weighted by molar-refractivity contribution is 0.284. The average molecular weight is 269 g/mol. The van der Waals surface area contributed by atoms with Gasteiger partial charge in [-0.25, -0.2) is 8.78 Å². The highest BCUT2D eigenvalue weighted by atomic mass is 19.1. The van der Waals surface area contributed by atoms with Crippen molar-refractivity contribution in [3.05, 3.63) is 35.4 Å². The molecule has 0 spiro atoms. The number of halogens is 2. The van der Waals surface area contributed by atoms with Gasteiger partial charge in [0.15, 0.2) is 0 Å². The summed E-state index contributed by atoms with van der Waals surface area (Å²) in [6.45, 7) is 9.54. The van der Waals surface area contributed by atoms with Crippen molar-refractivity contribution in [2.45, 2.75) is 53.0 Å². The smallest absolute Gasteiger partial charge is 0.129 e. The zero-order valence-electron chi connectivity index (χ0n) is 12.4. The van der Waals surface area contributed by atoms with Crippen molar-refractivity contribution < 1.29 is 8.78 Å². The van der Waals surface area contributed by atoms with Gasteiger partial charge in [0.05, 0.1) is 0 Å². The van der Waals surface area contributed by atoms with Gasteiger partial charge in [0.1, 0.15) is 11.6 Å². The monoisotopic (exact) mass is 269 g/mol. The van der Waals surface area contributed by atoms with Gasteiger partial charge in [0.2, 0.25) is 0 Å². The highest BCUT2D eigenvalue weighted by Crippen LogP contribution is 2.28. The van der Waals surface area contributed by atoms with Crippen molar-refractivity contribution in [1.29, 1.82) is 0 Å². The molecule has 0 aliphatic carbocycles. The molecule has 0 fully saturated rings. The third kappa shape index (κ3) is 5.68. The molecule has 1 atom stereocenters. The zero-order chi connectivity index (χ0) is 14.5. The lowest BCUT2D eigenvalue weighted by Crippen LogP contribution is -2.32. The van der Waals surface area contributed by atoms with E-state index < -0.39 is 11.6 Å². The van der Waals surface area contributed by atoms with Gasteiger partial charge in [-0.3, -0.25) is 0 Å². The van der Waals surface area contributed by atoms with Gasteiger partial charge >= 0.3 is 0 Å². The van der Waals surface area contributed by atoms with Gasteiger partial charge in [-0.15, -0.1) is 0 Å². The van der Waals surface area contributed by atoms with Crippen molar-refractivity contribution >= 4 is 0 Å². The minimum absolute atomic E-state index is 0.0151. The molecule has 1 N–H and O–H groups in total. The SMILES string of the molecule is CCCNC(C)CC(C)(C)Cc1ccc(F)cc1F. The van der Waals surface area contributed by atoms with Crippen molar-refractivity contribution in [2.24, 2.45) is 5.41 Å². The number of rotatable bonds is 7. The molecule has 1 unspecified atom stereocenters. The molecule has 0 radical (unpaired) electrons. The molecule has 0 aliphatic rings. The van der Waals surface area contributed by atoms with Crippen LogP contribution in [0.4, 0.5) is 8.78 Å². The summed E-state index contributed by atoms with van der Waals surface area (Å²) in [5.41, 5.74) is 0.577. The summed E-state index contributed by atoms with van der Waals surface area (Å²) in [5.74, 6) is -0.959. The molecule has 0 saturated carbocycles. The number of hydrogen-bond donors (Lipinski definition) is 1. The van der Waals surface area contributed by atoms with Gasteiger partial charge in [-0.1, -0.05) is 26.8 Å². The standard InChI is InChI=1S/C16H25F2N/c1-5-8-19-12(2)10-16(3,4)11-13-6-7-14(17)9-15(13)18/h6-7,9,12,19H,5,8,10-11H2,1-4H3. The summed E-state index contributed by atoms with van der Waals surface area (Å²) < 4.78 is 26.5. The van der Waals surface area contributed by atoms with Crippen molar-refractivity contribution in [3.8, 4) is 0 Å². The Labute approximate surface area is 115 Å². The Kier molecular flexibility index (Phi) is 5.92. The summed E-state index contributed by atoms with van der Waals surface area (Å²) in [6.07, 6.45) is 2.69. The quantitative estimate of drug-likeness (QED) is 0.777. The molecule has 1 rings (SSSR count). The van der Waals surface area contributed by atoms with E-state index in [0.29, 0.717) is 18.0 Å². The number of hydrogen-bond acceptors (Lipinski definition) is 1. The molecule has 0 heterocycles. The van der Waals surface area contributed by atoms with E-state index >= 15 is 0 Å². The predicted octanol–water partition coefficient (Wildman–Crippen LogP) is 4.31. The Hall–Kier alpha value is -0.960. The predicted molar refractivity (Wildman–Crippen MR) is 76.2 cm³/mol. The van der Waals surface area contributed by atoms with Crippen LogP contribution < -0.4 is 5.32 Å². The van der Waals surface area contributed by atoms with Crippen LogP contribution in [0.5, 0.6) is 0 Å². The van der Waals surface area contributed by atoms with Crippen LogP contribution in [0.2, 0.25) is 0 Å². The van der Waals surface area contributed by atoms with Crippen LogP contribution in [-0.2, 0) is 6.42 Å². The maximum absolute atomic E-state index is 13.7. The fraction of sp³-hybridized carbons (Fsp3) is 0.625. The first-order chi connectivity index (χ1) is 8.84. The first kappa shape index (κ1) is 16.1. The highest BCUT2D eigenvalue weighted by molar-refractivity contribution is 5.19. The second-order valence-corrected chi connectivity index (χ2v) is 6.14. The average Bonchev–Trinajstić information content (AvgIpc) is 2.29. The second-order valence-electron chi connectivity index (χ2n) is 6.14.